The van der Waals surface area contributed by atoms with E-state index in [9.17, 15) is 0 Å². The second-order valence-electron chi connectivity index (χ2n) is 12.8. The van der Waals surface area contributed by atoms with E-state index >= 15 is 0 Å². The number of rotatable bonds is 2. The molecule has 0 saturated carbocycles. The lowest BCUT2D eigenvalue weighted by atomic mass is 9.76. The van der Waals surface area contributed by atoms with E-state index in [0.29, 0.717) is 0 Å². The zero-order valence-corrected chi connectivity index (χ0v) is 24.6. The van der Waals surface area contributed by atoms with E-state index in [1.165, 1.54) is 88.0 Å². The fraction of sp³-hybridized carbons (Fsp3) is 0.116. The maximum Gasteiger partial charge on any atom is 0.0159 e. The number of hydrogen-bond donors (Lipinski definition) is 0. The summed E-state index contributed by atoms with van der Waals surface area (Å²) in [4.78, 5) is 0. The highest BCUT2D eigenvalue weighted by Crippen LogP contribution is 2.54. The molecule has 0 heterocycles. The van der Waals surface area contributed by atoms with Crippen molar-refractivity contribution in [2.75, 3.05) is 0 Å². The van der Waals surface area contributed by atoms with Crippen molar-refractivity contribution in [2.24, 2.45) is 0 Å². The molecule has 0 N–H and O–H groups in total. The van der Waals surface area contributed by atoms with Crippen molar-refractivity contribution in [2.45, 2.75) is 32.1 Å². The maximum absolute atomic E-state index is 2.55. The molecule has 0 spiro atoms. The van der Waals surface area contributed by atoms with Crippen molar-refractivity contribution in [1.82, 2.24) is 0 Å². The summed E-state index contributed by atoms with van der Waals surface area (Å²) < 4.78 is 0. The SMILES string of the molecule is CC1(C)c2ccccc2-c2c1cc(-c1c3c(c(-c4ccc5ccccc5c4)c4ccccc14)C=CCC3)c1ccccc21. The van der Waals surface area contributed by atoms with Crippen molar-refractivity contribution >= 4 is 38.4 Å². The third-order valence-electron chi connectivity index (χ3n) is 10.1. The third kappa shape index (κ3) is 3.44. The summed E-state index contributed by atoms with van der Waals surface area (Å²) in [7, 11) is 0. The summed E-state index contributed by atoms with van der Waals surface area (Å²) in [6.07, 6.45) is 6.87. The van der Waals surface area contributed by atoms with Gasteiger partial charge in [-0.2, -0.15) is 0 Å². The second-order valence-corrected chi connectivity index (χ2v) is 12.8. The fourth-order valence-electron chi connectivity index (χ4n) is 8.10. The van der Waals surface area contributed by atoms with Gasteiger partial charge in [-0.25, -0.2) is 0 Å². The van der Waals surface area contributed by atoms with Gasteiger partial charge in [-0.15, -0.1) is 0 Å². The minimum absolute atomic E-state index is 0.0640. The summed E-state index contributed by atoms with van der Waals surface area (Å²) in [6.45, 7) is 4.80. The predicted molar refractivity (Wildman–Crippen MR) is 185 cm³/mol. The molecule has 0 bridgehead atoms. The third-order valence-corrected chi connectivity index (χ3v) is 10.1. The van der Waals surface area contributed by atoms with Gasteiger partial charge in [0.25, 0.3) is 0 Å². The van der Waals surface area contributed by atoms with Crippen molar-refractivity contribution in [1.29, 1.82) is 0 Å². The second kappa shape index (κ2) is 9.03. The highest BCUT2D eigenvalue weighted by atomic mass is 14.4. The van der Waals surface area contributed by atoms with Crippen molar-refractivity contribution in [3.8, 4) is 33.4 Å². The average molecular weight is 549 g/mol. The molecule has 0 saturated heterocycles. The first-order valence-electron chi connectivity index (χ1n) is 15.5. The summed E-state index contributed by atoms with van der Waals surface area (Å²) in [5, 5.41) is 7.94. The molecule has 0 radical (unpaired) electrons. The Bertz CT molecular complexity index is 2310. The molecule has 0 nitrogen and oxygen atoms in total. The van der Waals surface area contributed by atoms with E-state index in [1.807, 2.05) is 0 Å². The zero-order chi connectivity index (χ0) is 28.7. The Kier molecular flexibility index (Phi) is 5.17. The van der Waals surface area contributed by atoms with Crippen LogP contribution in [0.25, 0.3) is 71.8 Å². The van der Waals surface area contributed by atoms with Gasteiger partial charge in [0.05, 0.1) is 0 Å². The van der Waals surface area contributed by atoms with Crippen LogP contribution in [0.2, 0.25) is 0 Å². The van der Waals surface area contributed by atoms with E-state index in [1.54, 1.807) is 0 Å². The van der Waals surface area contributed by atoms with Crippen LogP contribution in [0.3, 0.4) is 0 Å². The predicted octanol–water partition coefficient (Wildman–Crippen LogP) is 11.7. The molecule has 0 unspecified atom stereocenters. The van der Waals surface area contributed by atoms with Gasteiger partial charge in [0.1, 0.15) is 0 Å². The van der Waals surface area contributed by atoms with Crippen LogP contribution in [0.5, 0.6) is 0 Å². The van der Waals surface area contributed by atoms with Crippen LogP contribution in [-0.4, -0.2) is 0 Å². The molecule has 0 aliphatic heterocycles. The standard InChI is InChI=1S/C43H32/c1-43(2)38-22-12-11-21-36(38)42-31-16-6-5-15-30(31)37(26-39(42)43)41-34-19-9-7-17-32(34)40(33-18-8-10-20-35(33)41)29-24-23-27-13-3-4-14-28(27)25-29/h3-9,11-19,21-26H,10,20H2,1-2H3. The van der Waals surface area contributed by atoms with Crippen LogP contribution in [0.4, 0.5) is 0 Å². The summed E-state index contributed by atoms with van der Waals surface area (Å²) in [6, 6.07) is 45.5. The van der Waals surface area contributed by atoms with Crippen molar-refractivity contribution in [3.05, 3.63) is 150 Å². The monoisotopic (exact) mass is 548 g/mol. The highest BCUT2D eigenvalue weighted by molar-refractivity contribution is 6.16. The Balaban J connectivity index is 1.41. The number of allylic oxidation sites excluding steroid dienone is 1. The van der Waals surface area contributed by atoms with Crippen molar-refractivity contribution in [3.63, 3.8) is 0 Å². The fourth-order valence-corrected chi connectivity index (χ4v) is 8.10. The summed E-state index contributed by atoms with van der Waals surface area (Å²) in [5.41, 5.74) is 13.9. The summed E-state index contributed by atoms with van der Waals surface area (Å²) >= 11 is 0. The van der Waals surface area contributed by atoms with Gasteiger partial charge in [0, 0.05) is 5.41 Å². The Morgan fingerprint density at radius 2 is 1.16 bits per heavy atom. The van der Waals surface area contributed by atoms with E-state index in [4.69, 9.17) is 0 Å². The molecule has 7 aromatic carbocycles. The van der Waals surface area contributed by atoms with Crippen LogP contribution in [0.15, 0.2) is 127 Å². The average Bonchev–Trinajstić information content (AvgIpc) is 3.29. The minimum Gasteiger partial charge on any atom is -0.0836 e. The number of fused-ring (bicyclic) bond motifs is 8. The van der Waals surface area contributed by atoms with E-state index in [2.05, 4.69) is 147 Å². The van der Waals surface area contributed by atoms with Gasteiger partial charge in [0.2, 0.25) is 0 Å². The molecule has 7 aromatic rings. The highest BCUT2D eigenvalue weighted by Gasteiger charge is 2.37. The van der Waals surface area contributed by atoms with Crippen LogP contribution in [0, 0.1) is 0 Å². The van der Waals surface area contributed by atoms with Gasteiger partial charge >= 0.3 is 0 Å². The summed E-state index contributed by atoms with van der Waals surface area (Å²) in [5.74, 6) is 0. The normalized spacial score (nSPS) is 14.7. The minimum atomic E-state index is -0.0640. The van der Waals surface area contributed by atoms with E-state index in [-0.39, 0.29) is 5.41 Å². The first-order chi connectivity index (χ1) is 21.1. The van der Waals surface area contributed by atoms with Gasteiger partial charge in [0.15, 0.2) is 0 Å². The van der Waals surface area contributed by atoms with E-state index < -0.39 is 0 Å². The lowest BCUT2D eigenvalue weighted by molar-refractivity contribution is 0.661. The van der Waals surface area contributed by atoms with Crippen LogP contribution in [0.1, 0.15) is 42.5 Å². The van der Waals surface area contributed by atoms with E-state index in [0.717, 1.165) is 12.8 Å². The van der Waals surface area contributed by atoms with Crippen LogP contribution >= 0.6 is 0 Å². The molecule has 9 rings (SSSR count). The van der Waals surface area contributed by atoms with Crippen molar-refractivity contribution < 1.29 is 0 Å². The smallest absolute Gasteiger partial charge is 0.0159 e. The molecule has 2 aliphatic rings. The molecule has 0 aromatic heterocycles. The number of benzene rings is 7. The Labute approximate surface area is 253 Å². The lowest BCUT2D eigenvalue weighted by Gasteiger charge is -2.27. The maximum atomic E-state index is 2.55. The molecule has 0 atom stereocenters. The topological polar surface area (TPSA) is 0 Å². The number of hydrogen-bond acceptors (Lipinski definition) is 0. The lowest BCUT2D eigenvalue weighted by Crippen LogP contribution is -2.15. The molecule has 0 heteroatoms. The molecule has 43 heavy (non-hydrogen) atoms. The Hall–Kier alpha value is -4.94. The van der Waals surface area contributed by atoms with Gasteiger partial charge < -0.3 is 0 Å². The molecule has 204 valence electrons. The first-order valence-corrected chi connectivity index (χ1v) is 15.5. The molecule has 0 fully saturated rings. The molecular formula is C43H32. The van der Waals surface area contributed by atoms with Crippen LogP contribution in [-0.2, 0) is 11.8 Å². The Morgan fingerprint density at radius 3 is 1.98 bits per heavy atom. The largest absolute Gasteiger partial charge is 0.0836 e. The molecule has 0 amide bonds. The van der Waals surface area contributed by atoms with Gasteiger partial charge in [-0.05, 0) is 113 Å². The molecular weight excluding hydrogens is 516 g/mol. The first kappa shape index (κ1) is 24.6. The van der Waals surface area contributed by atoms with Gasteiger partial charge in [-0.3, -0.25) is 0 Å². The quantitative estimate of drug-likeness (QED) is 0.202. The Morgan fingerprint density at radius 1 is 0.512 bits per heavy atom. The van der Waals surface area contributed by atoms with Crippen LogP contribution < -0.4 is 0 Å². The molecule has 2 aliphatic carbocycles. The van der Waals surface area contributed by atoms with Gasteiger partial charge in [-0.1, -0.05) is 135 Å². The zero-order valence-electron chi connectivity index (χ0n) is 24.6.